The van der Waals surface area contributed by atoms with Gasteiger partial charge in [0, 0.05) is 0 Å². The first kappa shape index (κ1) is 14.0. The van der Waals surface area contributed by atoms with Crippen LogP contribution in [0.1, 0.15) is 37.7 Å². The quantitative estimate of drug-likeness (QED) is 0.931. The molecular weight excluding hydrogens is 279 g/mol. The zero-order valence-electron chi connectivity index (χ0n) is 11.3. The Bertz CT molecular complexity index is 591. The highest BCUT2D eigenvalue weighted by Gasteiger charge is 2.52. The normalized spacial score (nSPS) is 35.1. The highest BCUT2D eigenvalue weighted by atomic mass is 32.2. The van der Waals surface area contributed by atoms with Crippen LogP contribution >= 0.6 is 0 Å². The Labute approximate surface area is 118 Å². The van der Waals surface area contributed by atoms with Gasteiger partial charge in [0.25, 0.3) is 0 Å². The van der Waals surface area contributed by atoms with Crippen LogP contribution in [0.15, 0.2) is 24.3 Å². The molecule has 0 spiro atoms. The second kappa shape index (κ2) is 4.81. The van der Waals surface area contributed by atoms with Gasteiger partial charge < -0.3 is 5.11 Å². The number of hydrogen-bond acceptors (Lipinski definition) is 3. The van der Waals surface area contributed by atoms with Gasteiger partial charge in [-0.2, -0.15) is 0 Å². The van der Waals surface area contributed by atoms with E-state index in [1.165, 1.54) is 12.1 Å². The van der Waals surface area contributed by atoms with Crippen molar-refractivity contribution in [3.05, 3.63) is 35.6 Å². The number of benzene rings is 1. The summed E-state index contributed by atoms with van der Waals surface area (Å²) in [6.45, 7) is 0. The van der Waals surface area contributed by atoms with Crippen LogP contribution in [-0.2, 0) is 16.3 Å². The summed E-state index contributed by atoms with van der Waals surface area (Å²) in [7, 11) is -3.01. The molecule has 2 bridgehead atoms. The molecule has 1 N–H and O–H groups in total. The van der Waals surface area contributed by atoms with Crippen molar-refractivity contribution in [3.8, 4) is 0 Å². The number of rotatable bonds is 3. The lowest BCUT2D eigenvalue weighted by Crippen LogP contribution is -2.45. The molecule has 2 saturated heterocycles. The van der Waals surface area contributed by atoms with E-state index in [0.717, 1.165) is 5.56 Å². The fraction of sp³-hybridized carbons (Fsp3) is 0.600. The third-order valence-electron chi connectivity index (χ3n) is 4.72. The Morgan fingerprint density at radius 2 is 1.90 bits per heavy atom. The zero-order valence-corrected chi connectivity index (χ0v) is 12.1. The van der Waals surface area contributed by atoms with Gasteiger partial charge in [0.1, 0.15) is 5.82 Å². The Kier molecular flexibility index (Phi) is 3.37. The molecule has 5 heteroatoms. The SMILES string of the molecule is O=S1(=O)C2CCC1CC(O)(CCc1cccc(F)c1)C2. The van der Waals surface area contributed by atoms with E-state index < -0.39 is 15.4 Å². The van der Waals surface area contributed by atoms with E-state index in [1.807, 2.05) is 6.07 Å². The fourth-order valence-electron chi connectivity index (χ4n) is 3.61. The maximum atomic E-state index is 13.1. The molecule has 0 amide bonds. The van der Waals surface area contributed by atoms with E-state index in [-0.39, 0.29) is 16.3 Å². The molecule has 1 aromatic rings. The van der Waals surface area contributed by atoms with Crippen molar-refractivity contribution in [2.75, 3.05) is 0 Å². The van der Waals surface area contributed by atoms with Crippen molar-refractivity contribution in [2.45, 2.75) is 54.6 Å². The van der Waals surface area contributed by atoms with Crippen LogP contribution in [0.4, 0.5) is 4.39 Å². The Balaban J connectivity index is 1.69. The lowest BCUT2D eigenvalue weighted by molar-refractivity contribution is 0.0135. The molecule has 0 radical (unpaired) electrons. The summed E-state index contributed by atoms with van der Waals surface area (Å²) in [5, 5.41) is 9.90. The Morgan fingerprint density at radius 1 is 1.25 bits per heavy atom. The van der Waals surface area contributed by atoms with Crippen molar-refractivity contribution in [1.82, 2.24) is 0 Å². The van der Waals surface area contributed by atoms with Gasteiger partial charge in [-0.05, 0) is 56.2 Å². The smallest absolute Gasteiger partial charge is 0.156 e. The molecular formula is C15H19FO3S. The lowest BCUT2D eigenvalue weighted by Gasteiger charge is -2.36. The second-order valence-corrected chi connectivity index (χ2v) is 8.68. The summed E-state index contributed by atoms with van der Waals surface area (Å²) in [6, 6.07) is 6.35. The molecule has 2 unspecified atom stereocenters. The molecule has 110 valence electrons. The third-order valence-corrected chi connectivity index (χ3v) is 7.39. The summed E-state index contributed by atoms with van der Waals surface area (Å²) in [5.74, 6) is -0.277. The van der Waals surface area contributed by atoms with Crippen LogP contribution < -0.4 is 0 Å². The van der Waals surface area contributed by atoms with Crippen molar-refractivity contribution >= 4 is 9.84 Å². The minimum Gasteiger partial charge on any atom is -0.390 e. The van der Waals surface area contributed by atoms with Gasteiger partial charge in [0.15, 0.2) is 9.84 Å². The van der Waals surface area contributed by atoms with E-state index in [2.05, 4.69) is 0 Å². The topological polar surface area (TPSA) is 54.4 Å². The highest BCUT2D eigenvalue weighted by molar-refractivity contribution is 7.93. The maximum absolute atomic E-state index is 13.1. The molecule has 3 rings (SSSR count). The standard InChI is InChI=1S/C15H19FO3S/c16-12-3-1-2-11(8-12)6-7-15(17)9-13-4-5-14(10-15)20(13,18)19/h1-3,8,13-14,17H,4-7,9-10H2. The Morgan fingerprint density at radius 3 is 2.50 bits per heavy atom. The number of hydrogen-bond donors (Lipinski definition) is 1. The first-order valence-corrected chi connectivity index (χ1v) is 8.70. The highest BCUT2D eigenvalue weighted by Crippen LogP contribution is 2.44. The van der Waals surface area contributed by atoms with Gasteiger partial charge in [0.05, 0.1) is 16.1 Å². The van der Waals surface area contributed by atoms with Gasteiger partial charge >= 0.3 is 0 Å². The molecule has 0 aliphatic carbocycles. The van der Waals surface area contributed by atoms with Gasteiger partial charge in [-0.3, -0.25) is 0 Å². The van der Waals surface area contributed by atoms with Crippen LogP contribution in [0.3, 0.4) is 0 Å². The van der Waals surface area contributed by atoms with E-state index in [9.17, 15) is 17.9 Å². The average Bonchev–Trinajstić information content (AvgIpc) is 2.57. The Hall–Kier alpha value is -0.940. The second-order valence-electron chi connectivity index (χ2n) is 6.17. The molecule has 20 heavy (non-hydrogen) atoms. The largest absolute Gasteiger partial charge is 0.390 e. The fourth-order valence-corrected chi connectivity index (χ4v) is 6.17. The molecule has 0 aromatic heterocycles. The summed E-state index contributed by atoms with van der Waals surface area (Å²) < 4.78 is 37.2. The van der Waals surface area contributed by atoms with Crippen molar-refractivity contribution in [1.29, 1.82) is 0 Å². The van der Waals surface area contributed by atoms with Crippen molar-refractivity contribution in [2.24, 2.45) is 0 Å². The number of halogens is 1. The van der Waals surface area contributed by atoms with Crippen LogP contribution in [-0.4, -0.2) is 29.6 Å². The van der Waals surface area contributed by atoms with Gasteiger partial charge in [-0.15, -0.1) is 0 Å². The molecule has 1 aromatic carbocycles. The van der Waals surface area contributed by atoms with Crippen molar-refractivity contribution in [3.63, 3.8) is 0 Å². The summed E-state index contributed by atoms with van der Waals surface area (Å²) in [5.41, 5.74) is -0.0667. The van der Waals surface area contributed by atoms with E-state index >= 15 is 0 Å². The summed E-state index contributed by atoms with van der Waals surface area (Å²) in [4.78, 5) is 0. The lowest BCUT2D eigenvalue weighted by atomic mass is 9.87. The minimum absolute atomic E-state index is 0.277. The van der Waals surface area contributed by atoms with Crippen LogP contribution in [0, 0.1) is 5.82 Å². The molecule has 2 fully saturated rings. The molecule has 2 heterocycles. The first-order chi connectivity index (χ1) is 9.39. The molecule has 0 saturated carbocycles. The van der Waals surface area contributed by atoms with Crippen molar-refractivity contribution < 1.29 is 17.9 Å². The van der Waals surface area contributed by atoms with Crippen LogP contribution in [0.25, 0.3) is 0 Å². The average molecular weight is 298 g/mol. The number of aryl methyl sites for hydroxylation is 1. The van der Waals surface area contributed by atoms with E-state index in [0.29, 0.717) is 38.5 Å². The number of fused-ring (bicyclic) bond motifs is 2. The van der Waals surface area contributed by atoms with Gasteiger partial charge in [-0.25, -0.2) is 12.8 Å². The summed E-state index contributed by atoms with van der Waals surface area (Å²) >= 11 is 0. The monoisotopic (exact) mass is 298 g/mol. The minimum atomic E-state index is -3.01. The number of sulfone groups is 1. The van der Waals surface area contributed by atoms with E-state index in [4.69, 9.17) is 0 Å². The molecule has 3 nitrogen and oxygen atoms in total. The van der Waals surface area contributed by atoms with Crippen LogP contribution in [0.5, 0.6) is 0 Å². The van der Waals surface area contributed by atoms with Crippen LogP contribution in [0.2, 0.25) is 0 Å². The maximum Gasteiger partial charge on any atom is 0.156 e. The first-order valence-electron chi connectivity index (χ1n) is 7.09. The third kappa shape index (κ3) is 2.49. The molecule has 2 aliphatic heterocycles. The zero-order chi connectivity index (χ0) is 14.4. The predicted molar refractivity (Wildman–Crippen MR) is 74.6 cm³/mol. The predicted octanol–water partition coefficient (Wildman–Crippen LogP) is 2.23. The van der Waals surface area contributed by atoms with Gasteiger partial charge in [0.2, 0.25) is 0 Å². The van der Waals surface area contributed by atoms with Gasteiger partial charge in [-0.1, -0.05) is 12.1 Å². The number of aliphatic hydroxyl groups is 1. The summed E-state index contributed by atoms with van der Waals surface area (Å²) in [6.07, 6.45) is 3.10. The van der Waals surface area contributed by atoms with E-state index in [1.54, 1.807) is 6.07 Å². The molecule has 2 atom stereocenters. The molecule has 2 aliphatic rings.